The molecule has 0 aliphatic carbocycles. The van der Waals surface area contributed by atoms with Crippen molar-refractivity contribution >= 4 is 17.3 Å². The van der Waals surface area contributed by atoms with Crippen LogP contribution in [0.2, 0.25) is 5.02 Å². The Morgan fingerprint density at radius 2 is 1.94 bits per heavy atom. The lowest BCUT2D eigenvalue weighted by molar-refractivity contribution is -0.126. The van der Waals surface area contributed by atoms with Gasteiger partial charge in [-0.25, -0.2) is 4.39 Å². The first-order chi connectivity index (χ1) is 8.17. The van der Waals surface area contributed by atoms with Crippen LogP contribution in [-0.4, -0.2) is 26.0 Å². The molecule has 1 aromatic rings. The van der Waals surface area contributed by atoms with Crippen LogP contribution in [0.4, 0.5) is 10.1 Å². The number of benzene rings is 1. The normalized spacial score (nSPS) is 10.9. The SMILES string of the molecule is CCOC(CNc1ccc(F)cc1Cl)OCC. The Kier molecular flexibility index (Phi) is 6.26. The van der Waals surface area contributed by atoms with Crippen LogP contribution in [0.1, 0.15) is 13.8 Å². The topological polar surface area (TPSA) is 30.5 Å². The lowest BCUT2D eigenvalue weighted by Crippen LogP contribution is -2.26. The van der Waals surface area contributed by atoms with Gasteiger partial charge in [-0.3, -0.25) is 0 Å². The molecular weight excluding hydrogens is 245 g/mol. The van der Waals surface area contributed by atoms with Crippen LogP contribution in [0.5, 0.6) is 0 Å². The largest absolute Gasteiger partial charge is 0.379 e. The molecule has 0 bridgehead atoms. The lowest BCUT2D eigenvalue weighted by Gasteiger charge is -2.18. The summed E-state index contributed by atoms with van der Waals surface area (Å²) in [4.78, 5) is 0. The monoisotopic (exact) mass is 261 g/mol. The second-order valence-corrected chi connectivity index (χ2v) is 3.75. The number of hydrogen-bond donors (Lipinski definition) is 1. The summed E-state index contributed by atoms with van der Waals surface area (Å²) in [7, 11) is 0. The van der Waals surface area contributed by atoms with Gasteiger partial charge in [0.25, 0.3) is 0 Å². The molecule has 5 heteroatoms. The van der Waals surface area contributed by atoms with Crippen molar-refractivity contribution < 1.29 is 13.9 Å². The summed E-state index contributed by atoms with van der Waals surface area (Å²) < 4.78 is 23.6. The molecule has 0 saturated heterocycles. The van der Waals surface area contributed by atoms with Crippen molar-refractivity contribution in [3.8, 4) is 0 Å². The van der Waals surface area contributed by atoms with Crippen LogP contribution in [0.3, 0.4) is 0 Å². The summed E-state index contributed by atoms with van der Waals surface area (Å²) in [6.45, 7) is 5.41. The summed E-state index contributed by atoms with van der Waals surface area (Å²) >= 11 is 5.88. The molecule has 0 amide bonds. The third-order valence-corrected chi connectivity index (χ3v) is 2.41. The highest BCUT2D eigenvalue weighted by Crippen LogP contribution is 2.22. The van der Waals surface area contributed by atoms with Crippen LogP contribution in [0.25, 0.3) is 0 Å². The minimum absolute atomic E-state index is 0.328. The van der Waals surface area contributed by atoms with E-state index in [1.165, 1.54) is 12.1 Å². The van der Waals surface area contributed by atoms with Crippen LogP contribution in [-0.2, 0) is 9.47 Å². The number of rotatable bonds is 7. The maximum absolute atomic E-state index is 12.8. The number of hydrogen-bond acceptors (Lipinski definition) is 3. The summed E-state index contributed by atoms with van der Waals surface area (Å²) in [6, 6.07) is 4.21. The van der Waals surface area contributed by atoms with E-state index in [1.54, 1.807) is 6.07 Å². The van der Waals surface area contributed by atoms with Gasteiger partial charge in [0.05, 0.1) is 17.3 Å². The maximum Gasteiger partial charge on any atom is 0.174 e. The highest BCUT2D eigenvalue weighted by molar-refractivity contribution is 6.33. The molecule has 96 valence electrons. The zero-order valence-corrected chi connectivity index (χ0v) is 10.8. The molecule has 0 aromatic heterocycles. The number of nitrogens with one attached hydrogen (secondary N) is 1. The van der Waals surface area contributed by atoms with Crippen molar-refractivity contribution in [2.75, 3.05) is 25.1 Å². The molecule has 0 aliphatic heterocycles. The summed E-state index contributed by atoms with van der Waals surface area (Å²) in [6.07, 6.45) is -0.328. The van der Waals surface area contributed by atoms with Crippen LogP contribution < -0.4 is 5.32 Å². The molecule has 1 N–H and O–H groups in total. The van der Waals surface area contributed by atoms with E-state index in [0.717, 1.165) is 0 Å². The lowest BCUT2D eigenvalue weighted by atomic mass is 10.3. The minimum atomic E-state index is -0.355. The van der Waals surface area contributed by atoms with Gasteiger partial charge in [-0.05, 0) is 32.0 Å². The average Bonchev–Trinajstić information content (AvgIpc) is 2.28. The zero-order valence-electron chi connectivity index (χ0n) is 10.0. The molecule has 0 unspecified atom stereocenters. The maximum atomic E-state index is 12.8. The Morgan fingerprint density at radius 3 is 2.47 bits per heavy atom. The third-order valence-electron chi connectivity index (χ3n) is 2.10. The van der Waals surface area contributed by atoms with E-state index >= 15 is 0 Å². The molecule has 0 atom stereocenters. The van der Waals surface area contributed by atoms with Gasteiger partial charge < -0.3 is 14.8 Å². The smallest absolute Gasteiger partial charge is 0.174 e. The van der Waals surface area contributed by atoms with Gasteiger partial charge in [0.15, 0.2) is 6.29 Å². The predicted octanol–water partition coefficient (Wildman–Crippen LogP) is 3.29. The minimum Gasteiger partial charge on any atom is -0.379 e. The molecule has 17 heavy (non-hydrogen) atoms. The fourth-order valence-electron chi connectivity index (χ4n) is 1.36. The second kappa shape index (κ2) is 7.48. The summed E-state index contributed by atoms with van der Waals surface area (Å²) in [5, 5.41) is 3.41. The van der Waals surface area contributed by atoms with Crippen molar-refractivity contribution in [2.45, 2.75) is 20.1 Å². The molecule has 0 spiro atoms. The molecular formula is C12H17ClFNO2. The first kappa shape index (κ1) is 14.2. The number of anilines is 1. The Balaban J connectivity index is 2.52. The molecule has 0 heterocycles. The Hall–Kier alpha value is -0.840. The first-order valence-corrected chi connectivity index (χ1v) is 5.97. The molecule has 0 saturated carbocycles. The van der Waals surface area contributed by atoms with E-state index in [4.69, 9.17) is 21.1 Å². The predicted molar refractivity (Wildman–Crippen MR) is 66.9 cm³/mol. The molecule has 3 nitrogen and oxygen atoms in total. The van der Waals surface area contributed by atoms with E-state index in [-0.39, 0.29) is 12.1 Å². The molecule has 0 fully saturated rings. The molecule has 1 rings (SSSR count). The van der Waals surface area contributed by atoms with Gasteiger partial charge in [-0.15, -0.1) is 0 Å². The fraction of sp³-hybridized carbons (Fsp3) is 0.500. The van der Waals surface area contributed by atoms with E-state index in [9.17, 15) is 4.39 Å². The van der Waals surface area contributed by atoms with Crippen molar-refractivity contribution in [2.24, 2.45) is 0 Å². The van der Waals surface area contributed by atoms with Gasteiger partial charge in [-0.1, -0.05) is 11.6 Å². The summed E-state index contributed by atoms with van der Waals surface area (Å²) in [5.74, 6) is -0.355. The number of ether oxygens (including phenoxy) is 2. The molecule has 0 radical (unpaired) electrons. The van der Waals surface area contributed by atoms with Gasteiger partial charge in [0.1, 0.15) is 5.82 Å². The van der Waals surface area contributed by atoms with E-state index < -0.39 is 0 Å². The zero-order chi connectivity index (χ0) is 12.7. The van der Waals surface area contributed by atoms with E-state index in [2.05, 4.69) is 5.32 Å². The second-order valence-electron chi connectivity index (χ2n) is 3.35. The average molecular weight is 262 g/mol. The number of halogens is 2. The fourth-order valence-corrected chi connectivity index (χ4v) is 1.60. The molecule has 0 aliphatic rings. The highest BCUT2D eigenvalue weighted by Gasteiger charge is 2.08. The molecule has 1 aromatic carbocycles. The van der Waals surface area contributed by atoms with E-state index in [0.29, 0.717) is 30.5 Å². The van der Waals surface area contributed by atoms with Crippen molar-refractivity contribution in [1.29, 1.82) is 0 Å². The van der Waals surface area contributed by atoms with Gasteiger partial charge in [0, 0.05) is 13.2 Å². The summed E-state index contributed by atoms with van der Waals surface area (Å²) in [5.41, 5.74) is 0.664. The van der Waals surface area contributed by atoms with Crippen LogP contribution >= 0.6 is 11.6 Å². The Bertz CT molecular complexity index is 343. The van der Waals surface area contributed by atoms with Gasteiger partial charge in [0.2, 0.25) is 0 Å². The van der Waals surface area contributed by atoms with Crippen LogP contribution in [0, 0.1) is 5.82 Å². The van der Waals surface area contributed by atoms with Gasteiger partial charge >= 0.3 is 0 Å². The Morgan fingerprint density at radius 1 is 1.29 bits per heavy atom. The quantitative estimate of drug-likeness (QED) is 0.764. The van der Waals surface area contributed by atoms with Crippen molar-refractivity contribution in [1.82, 2.24) is 0 Å². The van der Waals surface area contributed by atoms with Crippen molar-refractivity contribution in [3.05, 3.63) is 29.0 Å². The highest BCUT2D eigenvalue weighted by atomic mass is 35.5. The van der Waals surface area contributed by atoms with Crippen LogP contribution in [0.15, 0.2) is 18.2 Å². The van der Waals surface area contributed by atoms with E-state index in [1.807, 2.05) is 13.8 Å². The Labute approximate surface area is 106 Å². The van der Waals surface area contributed by atoms with Gasteiger partial charge in [-0.2, -0.15) is 0 Å². The van der Waals surface area contributed by atoms with Crippen molar-refractivity contribution in [3.63, 3.8) is 0 Å². The first-order valence-electron chi connectivity index (χ1n) is 5.59. The standard InChI is InChI=1S/C12H17ClFNO2/c1-3-16-12(17-4-2)8-15-11-6-5-9(14)7-10(11)13/h5-7,12,15H,3-4,8H2,1-2H3. The third kappa shape index (κ3) is 4.89.